The first-order valence-corrected chi connectivity index (χ1v) is 7.23. The van der Waals surface area contributed by atoms with Crippen molar-refractivity contribution in [2.24, 2.45) is 5.92 Å². The summed E-state index contributed by atoms with van der Waals surface area (Å²) in [5, 5.41) is 3.49. The lowest BCUT2D eigenvalue weighted by atomic mass is 10.0. The lowest BCUT2D eigenvalue weighted by molar-refractivity contribution is 0.00526. The normalized spacial score (nSPS) is 24.4. The highest BCUT2D eigenvalue weighted by molar-refractivity contribution is 5.69. The van der Waals surface area contributed by atoms with Crippen molar-refractivity contribution < 1.29 is 14.3 Å². The molecule has 1 amide bonds. The zero-order chi connectivity index (χ0) is 13.9. The summed E-state index contributed by atoms with van der Waals surface area (Å²) in [4.78, 5) is 13.5. The van der Waals surface area contributed by atoms with Crippen LogP contribution in [0.4, 0.5) is 4.79 Å². The van der Waals surface area contributed by atoms with Crippen LogP contribution in [0.25, 0.3) is 0 Å². The second kappa shape index (κ2) is 6.09. The Morgan fingerprint density at radius 1 is 1.42 bits per heavy atom. The Balaban J connectivity index is 1.54. The van der Waals surface area contributed by atoms with E-state index in [1.54, 1.807) is 4.90 Å². The minimum absolute atomic E-state index is 0.199. The van der Waals surface area contributed by atoms with E-state index >= 15 is 0 Å². The van der Waals surface area contributed by atoms with Crippen molar-refractivity contribution in [2.45, 2.75) is 45.3 Å². The molecule has 0 spiro atoms. The maximum absolute atomic E-state index is 11.7. The molecule has 110 valence electrons. The molecule has 1 atom stereocenters. The molecular weight excluding hydrogens is 244 g/mol. The maximum atomic E-state index is 11.7. The van der Waals surface area contributed by atoms with Crippen LogP contribution in [-0.2, 0) is 9.47 Å². The van der Waals surface area contributed by atoms with Crippen molar-refractivity contribution >= 4 is 6.09 Å². The highest BCUT2D eigenvalue weighted by atomic mass is 16.6. The van der Waals surface area contributed by atoms with E-state index in [4.69, 9.17) is 9.47 Å². The molecule has 2 aliphatic heterocycles. The molecule has 2 heterocycles. The zero-order valence-corrected chi connectivity index (χ0v) is 12.3. The molecular formula is C14H26N2O3. The Kier molecular flexibility index (Phi) is 4.68. The van der Waals surface area contributed by atoms with Crippen molar-refractivity contribution in [3.8, 4) is 0 Å². The van der Waals surface area contributed by atoms with Crippen LogP contribution >= 0.6 is 0 Å². The van der Waals surface area contributed by atoms with Crippen molar-refractivity contribution in [3.05, 3.63) is 0 Å². The van der Waals surface area contributed by atoms with Crippen LogP contribution in [0.15, 0.2) is 0 Å². The minimum Gasteiger partial charge on any atom is -0.444 e. The Morgan fingerprint density at radius 2 is 2.16 bits per heavy atom. The van der Waals surface area contributed by atoms with Crippen molar-refractivity contribution in [3.63, 3.8) is 0 Å². The van der Waals surface area contributed by atoms with Gasteiger partial charge in [-0.3, -0.25) is 0 Å². The highest BCUT2D eigenvalue weighted by Crippen LogP contribution is 2.17. The van der Waals surface area contributed by atoms with Crippen molar-refractivity contribution in [1.82, 2.24) is 10.2 Å². The highest BCUT2D eigenvalue weighted by Gasteiger charge is 2.33. The zero-order valence-electron chi connectivity index (χ0n) is 12.3. The quantitative estimate of drug-likeness (QED) is 0.843. The topological polar surface area (TPSA) is 50.8 Å². The first-order valence-electron chi connectivity index (χ1n) is 7.23. The first kappa shape index (κ1) is 14.6. The van der Waals surface area contributed by atoms with Gasteiger partial charge in [0, 0.05) is 32.3 Å². The standard InChI is InChI=1S/C14H26N2O3/c1-14(2,3)19-13(17)16-8-12(9-16)15-6-4-11-5-7-18-10-11/h11-12,15H,4-10H2,1-3H3. The van der Waals surface area contributed by atoms with E-state index in [9.17, 15) is 4.79 Å². The summed E-state index contributed by atoms with van der Waals surface area (Å²) < 4.78 is 10.7. The summed E-state index contributed by atoms with van der Waals surface area (Å²) in [6.45, 7) is 10.0. The SMILES string of the molecule is CC(C)(C)OC(=O)N1CC(NCCC2CCOC2)C1. The van der Waals surface area contributed by atoms with E-state index in [2.05, 4.69) is 5.32 Å². The van der Waals surface area contributed by atoms with Gasteiger partial charge in [-0.2, -0.15) is 0 Å². The van der Waals surface area contributed by atoms with E-state index in [0.717, 1.165) is 38.8 Å². The summed E-state index contributed by atoms with van der Waals surface area (Å²) in [6.07, 6.45) is 2.16. The van der Waals surface area contributed by atoms with Crippen LogP contribution in [0.2, 0.25) is 0 Å². The summed E-state index contributed by atoms with van der Waals surface area (Å²) in [5.74, 6) is 0.717. The molecule has 2 fully saturated rings. The van der Waals surface area contributed by atoms with Gasteiger partial charge < -0.3 is 19.7 Å². The predicted octanol–water partition coefficient (Wildman–Crippen LogP) is 1.62. The molecule has 0 aromatic carbocycles. The van der Waals surface area contributed by atoms with E-state index in [1.807, 2.05) is 20.8 Å². The Hall–Kier alpha value is -0.810. The number of likely N-dealkylation sites (tertiary alicyclic amines) is 1. The summed E-state index contributed by atoms with van der Waals surface area (Å²) in [7, 11) is 0. The molecule has 0 aliphatic carbocycles. The number of hydrogen-bond donors (Lipinski definition) is 1. The fraction of sp³-hybridized carbons (Fsp3) is 0.929. The second-order valence-electron chi connectivity index (χ2n) is 6.55. The Labute approximate surface area is 115 Å². The molecule has 0 saturated carbocycles. The van der Waals surface area contributed by atoms with Gasteiger partial charge in [0.05, 0.1) is 0 Å². The number of ether oxygens (including phenoxy) is 2. The van der Waals surface area contributed by atoms with Gasteiger partial charge in [-0.1, -0.05) is 0 Å². The third-order valence-electron chi connectivity index (χ3n) is 3.54. The number of nitrogens with zero attached hydrogens (tertiary/aromatic N) is 1. The Bertz CT molecular complexity index is 302. The van der Waals surface area contributed by atoms with Gasteiger partial charge in [-0.05, 0) is 46.1 Å². The molecule has 0 aromatic rings. The van der Waals surface area contributed by atoms with E-state index < -0.39 is 5.60 Å². The van der Waals surface area contributed by atoms with Gasteiger partial charge >= 0.3 is 6.09 Å². The van der Waals surface area contributed by atoms with Gasteiger partial charge in [0.1, 0.15) is 5.60 Å². The van der Waals surface area contributed by atoms with Crippen molar-refractivity contribution in [2.75, 3.05) is 32.8 Å². The van der Waals surface area contributed by atoms with Crippen LogP contribution in [0.5, 0.6) is 0 Å². The van der Waals surface area contributed by atoms with Crippen LogP contribution < -0.4 is 5.32 Å². The molecule has 1 unspecified atom stereocenters. The third kappa shape index (κ3) is 4.66. The first-order chi connectivity index (χ1) is 8.94. The average Bonchev–Trinajstić information content (AvgIpc) is 2.71. The second-order valence-corrected chi connectivity index (χ2v) is 6.55. The van der Waals surface area contributed by atoms with Crippen molar-refractivity contribution in [1.29, 1.82) is 0 Å². The molecule has 2 rings (SSSR count). The molecule has 5 nitrogen and oxygen atoms in total. The minimum atomic E-state index is -0.405. The Morgan fingerprint density at radius 3 is 2.74 bits per heavy atom. The van der Waals surface area contributed by atoms with Crippen LogP contribution in [-0.4, -0.2) is 55.5 Å². The summed E-state index contributed by atoms with van der Waals surface area (Å²) >= 11 is 0. The monoisotopic (exact) mass is 270 g/mol. The summed E-state index contributed by atoms with van der Waals surface area (Å²) in [6, 6.07) is 0.426. The van der Waals surface area contributed by atoms with Gasteiger partial charge in [0.25, 0.3) is 0 Å². The number of carbonyl (C=O) groups is 1. The third-order valence-corrected chi connectivity index (χ3v) is 3.54. The largest absolute Gasteiger partial charge is 0.444 e. The van der Waals surface area contributed by atoms with Gasteiger partial charge in [-0.15, -0.1) is 0 Å². The fourth-order valence-electron chi connectivity index (χ4n) is 2.39. The molecule has 0 radical (unpaired) electrons. The molecule has 5 heteroatoms. The van der Waals surface area contributed by atoms with Crippen LogP contribution in [0.1, 0.15) is 33.6 Å². The summed E-state index contributed by atoms with van der Waals surface area (Å²) in [5.41, 5.74) is -0.405. The number of amides is 1. The van der Waals surface area contributed by atoms with Gasteiger partial charge in [0.15, 0.2) is 0 Å². The molecule has 2 saturated heterocycles. The average molecular weight is 270 g/mol. The molecule has 2 aliphatic rings. The predicted molar refractivity (Wildman–Crippen MR) is 73.1 cm³/mol. The van der Waals surface area contributed by atoms with E-state index in [1.165, 1.54) is 12.8 Å². The smallest absolute Gasteiger partial charge is 0.410 e. The van der Waals surface area contributed by atoms with Crippen LogP contribution in [0.3, 0.4) is 0 Å². The fourth-order valence-corrected chi connectivity index (χ4v) is 2.39. The number of rotatable bonds is 4. The number of carbonyl (C=O) groups excluding carboxylic acids is 1. The van der Waals surface area contributed by atoms with Gasteiger partial charge in [-0.25, -0.2) is 4.79 Å². The number of nitrogens with one attached hydrogen (secondary N) is 1. The number of hydrogen-bond acceptors (Lipinski definition) is 4. The van der Waals surface area contributed by atoms with Gasteiger partial charge in [0.2, 0.25) is 0 Å². The molecule has 0 bridgehead atoms. The molecule has 19 heavy (non-hydrogen) atoms. The van der Waals surface area contributed by atoms with Crippen LogP contribution in [0, 0.1) is 5.92 Å². The lowest BCUT2D eigenvalue weighted by Crippen LogP contribution is -2.60. The molecule has 0 aromatic heterocycles. The lowest BCUT2D eigenvalue weighted by Gasteiger charge is -2.40. The maximum Gasteiger partial charge on any atom is 0.410 e. The van der Waals surface area contributed by atoms with E-state index in [0.29, 0.717) is 6.04 Å². The molecule has 1 N–H and O–H groups in total. The van der Waals surface area contributed by atoms with E-state index in [-0.39, 0.29) is 6.09 Å².